The Labute approximate surface area is 163 Å². The van der Waals surface area contributed by atoms with Crippen LogP contribution < -0.4 is 9.47 Å². The maximum Gasteiger partial charge on any atom is 0.194 e. The second kappa shape index (κ2) is 8.11. The summed E-state index contributed by atoms with van der Waals surface area (Å²) in [6.07, 6.45) is 2.55. The first-order chi connectivity index (χ1) is 13.3. The van der Waals surface area contributed by atoms with Crippen LogP contribution in [0.5, 0.6) is 11.5 Å². The smallest absolute Gasteiger partial charge is 0.194 e. The predicted octanol–water partition coefficient (Wildman–Crippen LogP) is 4.62. The van der Waals surface area contributed by atoms with Crippen molar-refractivity contribution in [2.24, 2.45) is 0 Å². The molecule has 0 atom stereocenters. The van der Waals surface area contributed by atoms with Crippen LogP contribution in [-0.4, -0.2) is 44.0 Å². The first-order valence-corrected chi connectivity index (χ1v) is 10.2. The molecule has 3 aromatic rings. The summed E-state index contributed by atoms with van der Waals surface area (Å²) < 4.78 is 12.5. The van der Waals surface area contributed by atoms with Gasteiger partial charge < -0.3 is 9.47 Å². The summed E-state index contributed by atoms with van der Waals surface area (Å²) in [4.78, 5) is 15.4. The molecule has 0 radical (unpaired) electrons. The summed E-state index contributed by atoms with van der Waals surface area (Å²) in [5.41, 5.74) is 1.35. The highest BCUT2D eigenvalue weighted by atomic mass is 32.1. The first kappa shape index (κ1) is 18.0. The van der Waals surface area contributed by atoms with E-state index >= 15 is 0 Å². The number of carbonyl (C=O) groups excluding carboxylic acids is 1. The number of hydrogen-bond acceptors (Lipinski definition) is 5. The molecule has 4 nitrogen and oxygen atoms in total. The van der Waals surface area contributed by atoms with Gasteiger partial charge in [0.05, 0.1) is 7.11 Å². The molecule has 1 aliphatic heterocycles. The third-order valence-electron chi connectivity index (χ3n) is 5.02. The van der Waals surface area contributed by atoms with Crippen LogP contribution in [-0.2, 0) is 0 Å². The van der Waals surface area contributed by atoms with Crippen molar-refractivity contribution in [3.8, 4) is 11.5 Å². The number of fused-ring (bicyclic) bond motifs is 1. The normalized spacial score (nSPS) is 14.6. The van der Waals surface area contributed by atoms with Crippen LogP contribution >= 0.6 is 11.3 Å². The standard InChI is InChI=1S/C22H23NO3S/c1-25-20-14-16(8-9-19(20)26-13-12-23-10-4-5-11-23)22(24)18-15-27-21-7-3-2-6-17(18)21/h2-3,6-9,14-15H,4-5,10-13H2,1H3. The molecule has 0 amide bonds. The molecular formula is C22H23NO3S. The van der Waals surface area contributed by atoms with Gasteiger partial charge in [-0.05, 0) is 50.2 Å². The summed E-state index contributed by atoms with van der Waals surface area (Å²) in [6, 6.07) is 13.4. The summed E-state index contributed by atoms with van der Waals surface area (Å²) in [6.45, 7) is 3.86. The lowest BCUT2D eigenvalue weighted by Crippen LogP contribution is -2.25. The Balaban J connectivity index is 1.50. The van der Waals surface area contributed by atoms with E-state index in [1.54, 1.807) is 24.5 Å². The second-order valence-electron chi connectivity index (χ2n) is 6.74. The quantitative estimate of drug-likeness (QED) is 0.560. The second-order valence-corrected chi connectivity index (χ2v) is 7.65. The monoisotopic (exact) mass is 381 g/mol. The van der Waals surface area contributed by atoms with Crippen LogP contribution in [0.3, 0.4) is 0 Å². The molecule has 2 heterocycles. The van der Waals surface area contributed by atoms with Gasteiger partial charge in [-0.2, -0.15) is 0 Å². The van der Waals surface area contributed by atoms with E-state index in [1.165, 1.54) is 12.8 Å². The summed E-state index contributed by atoms with van der Waals surface area (Å²) in [5, 5.41) is 2.93. The minimum atomic E-state index is 0.00867. The SMILES string of the molecule is COc1cc(C(=O)c2csc3ccccc23)ccc1OCCN1CCCC1. The number of carbonyl (C=O) groups is 1. The molecule has 4 rings (SSSR count). The van der Waals surface area contributed by atoms with Crippen LogP contribution in [0.4, 0.5) is 0 Å². The fraction of sp³-hybridized carbons (Fsp3) is 0.318. The lowest BCUT2D eigenvalue weighted by atomic mass is 10.0. The molecular weight excluding hydrogens is 358 g/mol. The van der Waals surface area contributed by atoms with Crippen molar-refractivity contribution in [1.82, 2.24) is 4.90 Å². The van der Waals surface area contributed by atoms with Crippen LogP contribution in [0.15, 0.2) is 47.8 Å². The largest absolute Gasteiger partial charge is 0.493 e. The third kappa shape index (κ3) is 3.84. The molecule has 0 bridgehead atoms. The minimum Gasteiger partial charge on any atom is -0.493 e. The van der Waals surface area contributed by atoms with Gasteiger partial charge in [-0.25, -0.2) is 0 Å². The van der Waals surface area contributed by atoms with E-state index in [2.05, 4.69) is 4.90 Å². The van der Waals surface area contributed by atoms with Gasteiger partial charge in [-0.3, -0.25) is 9.69 Å². The molecule has 1 saturated heterocycles. The molecule has 1 fully saturated rings. The number of benzene rings is 2. The minimum absolute atomic E-state index is 0.00867. The molecule has 2 aromatic carbocycles. The Hall–Kier alpha value is -2.37. The highest BCUT2D eigenvalue weighted by Gasteiger charge is 2.17. The molecule has 0 N–H and O–H groups in total. The molecule has 0 spiro atoms. The molecule has 0 unspecified atom stereocenters. The van der Waals surface area contributed by atoms with Gasteiger partial charge in [0.2, 0.25) is 0 Å². The average Bonchev–Trinajstić information content (AvgIpc) is 3.37. The van der Waals surface area contributed by atoms with E-state index in [-0.39, 0.29) is 5.78 Å². The van der Waals surface area contributed by atoms with Crippen molar-refractivity contribution in [2.75, 3.05) is 33.4 Å². The number of ketones is 1. The number of ether oxygens (including phenoxy) is 2. The molecule has 0 aliphatic carbocycles. The van der Waals surface area contributed by atoms with E-state index in [0.29, 0.717) is 23.7 Å². The van der Waals surface area contributed by atoms with Crippen molar-refractivity contribution in [2.45, 2.75) is 12.8 Å². The third-order valence-corrected chi connectivity index (χ3v) is 5.98. The predicted molar refractivity (Wildman–Crippen MR) is 109 cm³/mol. The van der Waals surface area contributed by atoms with Gasteiger partial charge >= 0.3 is 0 Å². The Bertz CT molecular complexity index is 944. The topological polar surface area (TPSA) is 38.8 Å². The van der Waals surface area contributed by atoms with Crippen molar-refractivity contribution in [3.63, 3.8) is 0 Å². The van der Waals surface area contributed by atoms with Crippen molar-refractivity contribution >= 4 is 27.2 Å². The van der Waals surface area contributed by atoms with Crippen LogP contribution in [0.1, 0.15) is 28.8 Å². The van der Waals surface area contributed by atoms with Gasteiger partial charge in [0.25, 0.3) is 0 Å². The fourth-order valence-electron chi connectivity index (χ4n) is 3.53. The van der Waals surface area contributed by atoms with Gasteiger partial charge in [-0.15, -0.1) is 11.3 Å². The van der Waals surface area contributed by atoms with E-state index < -0.39 is 0 Å². The maximum atomic E-state index is 13.0. The number of nitrogens with zero attached hydrogens (tertiary/aromatic N) is 1. The molecule has 27 heavy (non-hydrogen) atoms. The summed E-state index contributed by atoms with van der Waals surface area (Å²) in [5.74, 6) is 1.29. The van der Waals surface area contributed by atoms with E-state index in [4.69, 9.17) is 9.47 Å². The lowest BCUT2D eigenvalue weighted by Gasteiger charge is -2.16. The van der Waals surface area contributed by atoms with Crippen molar-refractivity contribution in [1.29, 1.82) is 0 Å². The zero-order chi connectivity index (χ0) is 18.6. The van der Waals surface area contributed by atoms with Gasteiger partial charge in [0.1, 0.15) is 6.61 Å². The van der Waals surface area contributed by atoms with Crippen molar-refractivity contribution < 1.29 is 14.3 Å². The summed E-state index contributed by atoms with van der Waals surface area (Å²) >= 11 is 1.59. The average molecular weight is 381 g/mol. The van der Waals surface area contributed by atoms with Gasteiger partial charge in [0, 0.05) is 33.1 Å². The Morgan fingerprint density at radius 2 is 1.93 bits per heavy atom. The highest BCUT2D eigenvalue weighted by Crippen LogP contribution is 2.32. The van der Waals surface area contributed by atoms with Gasteiger partial charge in [-0.1, -0.05) is 18.2 Å². The van der Waals surface area contributed by atoms with E-state index in [0.717, 1.165) is 35.3 Å². The molecule has 0 saturated carbocycles. The lowest BCUT2D eigenvalue weighted by molar-refractivity contribution is 0.104. The Morgan fingerprint density at radius 3 is 2.74 bits per heavy atom. The molecule has 5 heteroatoms. The molecule has 140 valence electrons. The fourth-order valence-corrected chi connectivity index (χ4v) is 4.47. The number of methoxy groups -OCH3 is 1. The van der Waals surface area contributed by atoms with Gasteiger partial charge in [0.15, 0.2) is 17.3 Å². The number of rotatable bonds is 7. The van der Waals surface area contributed by atoms with Crippen LogP contribution in [0.25, 0.3) is 10.1 Å². The number of likely N-dealkylation sites (tertiary alicyclic amines) is 1. The summed E-state index contributed by atoms with van der Waals surface area (Å²) in [7, 11) is 1.61. The number of hydrogen-bond donors (Lipinski definition) is 0. The molecule has 1 aromatic heterocycles. The highest BCUT2D eigenvalue weighted by molar-refractivity contribution is 7.17. The van der Waals surface area contributed by atoms with E-state index in [9.17, 15) is 4.79 Å². The zero-order valence-corrected chi connectivity index (χ0v) is 16.3. The first-order valence-electron chi connectivity index (χ1n) is 9.30. The van der Waals surface area contributed by atoms with Crippen molar-refractivity contribution in [3.05, 3.63) is 59.0 Å². The Kier molecular flexibility index (Phi) is 5.41. The maximum absolute atomic E-state index is 13.0. The molecule has 1 aliphatic rings. The van der Waals surface area contributed by atoms with Crippen LogP contribution in [0.2, 0.25) is 0 Å². The van der Waals surface area contributed by atoms with E-state index in [1.807, 2.05) is 41.8 Å². The number of thiophene rings is 1. The zero-order valence-electron chi connectivity index (χ0n) is 15.4. The Morgan fingerprint density at radius 1 is 1.11 bits per heavy atom. The van der Waals surface area contributed by atoms with Crippen LogP contribution in [0, 0.1) is 0 Å².